The third-order valence-electron chi connectivity index (χ3n) is 2.14. The van der Waals surface area contributed by atoms with Crippen molar-refractivity contribution >= 4 is 29.0 Å². The zero-order valence-corrected chi connectivity index (χ0v) is 10.5. The largest absolute Gasteiger partial charge is 0.462 e. The summed E-state index contributed by atoms with van der Waals surface area (Å²) in [5.41, 5.74) is 6.83. The maximum Gasteiger partial charge on any atom is 0.338 e. The highest BCUT2D eigenvalue weighted by Gasteiger charge is 2.16. The summed E-state index contributed by atoms with van der Waals surface area (Å²) in [5, 5.41) is -0.799. The molecule has 0 aromatic heterocycles. The molecule has 0 bridgehead atoms. The van der Waals surface area contributed by atoms with Gasteiger partial charge in [-0.3, -0.25) is 4.79 Å². The van der Waals surface area contributed by atoms with Crippen molar-refractivity contribution in [1.29, 1.82) is 0 Å². The van der Waals surface area contributed by atoms with Gasteiger partial charge in [-0.25, -0.2) is 4.79 Å². The number of nitrogen functional groups attached to an aromatic ring is 1. The highest BCUT2D eigenvalue weighted by atomic mass is 35.5. The standard InChI is InChI=1S/C12H14ClNO3/c1-3-17-12(16)9-4-8(5-10(14)6-9)11(13)7(2)15/h4-6,11H,3,14H2,1-2H3. The van der Waals surface area contributed by atoms with Gasteiger partial charge in [0.1, 0.15) is 5.38 Å². The van der Waals surface area contributed by atoms with Gasteiger partial charge in [0.15, 0.2) is 5.78 Å². The van der Waals surface area contributed by atoms with E-state index in [0.29, 0.717) is 16.8 Å². The molecule has 0 radical (unpaired) electrons. The SMILES string of the molecule is CCOC(=O)c1cc(N)cc(C(Cl)C(C)=O)c1. The first-order valence-corrected chi connectivity index (χ1v) is 5.61. The zero-order valence-electron chi connectivity index (χ0n) is 9.70. The molecule has 0 saturated carbocycles. The van der Waals surface area contributed by atoms with Gasteiger partial charge < -0.3 is 10.5 Å². The number of esters is 1. The maximum atomic E-state index is 11.5. The summed E-state index contributed by atoms with van der Waals surface area (Å²) in [5.74, 6) is -0.680. The van der Waals surface area contributed by atoms with Crippen LogP contribution < -0.4 is 5.73 Å². The number of carbonyl (C=O) groups excluding carboxylic acids is 2. The van der Waals surface area contributed by atoms with E-state index in [-0.39, 0.29) is 12.4 Å². The number of ketones is 1. The lowest BCUT2D eigenvalue weighted by Gasteiger charge is -2.09. The Balaban J connectivity index is 3.10. The monoisotopic (exact) mass is 255 g/mol. The van der Waals surface area contributed by atoms with Crippen molar-refractivity contribution in [3.05, 3.63) is 29.3 Å². The first-order valence-electron chi connectivity index (χ1n) is 5.17. The number of benzene rings is 1. The number of anilines is 1. The van der Waals surface area contributed by atoms with Crippen molar-refractivity contribution in [2.45, 2.75) is 19.2 Å². The van der Waals surface area contributed by atoms with Gasteiger partial charge in [-0.15, -0.1) is 11.6 Å². The van der Waals surface area contributed by atoms with Gasteiger partial charge in [-0.1, -0.05) is 0 Å². The minimum absolute atomic E-state index is 0.202. The van der Waals surface area contributed by atoms with Crippen LogP contribution >= 0.6 is 11.6 Å². The van der Waals surface area contributed by atoms with Gasteiger partial charge in [0.05, 0.1) is 12.2 Å². The average Bonchev–Trinajstić information content (AvgIpc) is 2.27. The van der Waals surface area contributed by atoms with Crippen LogP contribution in [0.5, 0.6) is 0 Å². The number of alkyl halides is 1. The maximum absolute atomic E-state index is 11.5. The van der Waals surface area contributed by atoms with E-state index in [0.717, 1.165) is 0 Å². The van der Waals surface area contributed by atoms with Crippen LogP contribution in [0.1, 0.15) is 35.1 Å². The molecule has 5 heteroatoms. The molecule has 1 unspecified atom stereocenters. The summed E-state index contributed by atoms with van der Waals surface area (Å²) < 4.78 is 4.86. The van der Waals surface area contributed by atoms with E-state index < -0.39 is 11.3 Å². The highest BCUT2D eigenvalue weighted by Crippen LogP contribution is 2.25. The van der Waals surface area contributed by atoms with Gasteiger partial charge in [0, 0.05) is 5.69 Å². The number of Topliss-reactive ketones (excluding diaryl/α,β-unsaturated/α-hetero) is 1. The van der Waals surface area contributed by atoms with Crippen molar-refractivity contribution in [3.63, 3.8) is 0 Å². The lowest BCUT2D eigenvalue weighted by Crippen LogP contribution is -2.08. The van der Waals surface area contributed by atoms with Crippen molar-refractivity contribution < 1.29 is 14.3 Å². The van der Waals surface area contributed by atoms with Crippen LogP contribution in [0.3, 0.4) is 0 Å². The molecule has 4 nitrogen and oxygen atoms in total. The Morgan fingerprint density at radius 2 is 2.06 bits per heavy atom. The normalized spacial score (nSPS) is 11.9. The number of hydrogen-bond donors (Lipinski definition) is 1. The number of halogens is 1. The number of carbonyl (C=O) groups is 2. The molecular weight excluding hydrogens is 242 g/mol. The highest BCUT2D eigenvalue weighted by molar-refractivity contribution is 6.30. The van der Waals surface area contributed by atoms with Crippen LogP contribution in [-0.4, -0.2) is 18.4 Å². The van der Waals surface area contributed by atoms with Crippen molar-refractivity contribution in [2.24, 2.45) is 0 Å². The summed E-state index contributed by atoms with van der Waals surface area (Å²) in [4.78, 5) is 22.7. The predicted molar refractivity (Wildman–Crippen MR) is 66.1 cm³/mol. The first kappa shape index (κ1) is 13.5. The van der Waals surface area contributed by atoms with Crippen LogP contribution in [0.4, 0.5) is 5.69 Å². The first-order chi connectivity index (χ1) is 7.95. The predicted octanol–water partition coefficient (Wildman–Crippen LogP) is 2.31. The molecule has 0 amide bonds. The Morgan fingerprint density at radius 3 is 2.59 bits per heavy atom. The Bertz CT molecular complexity index is 445. The molecule has 0 saturated heterocycles. The van der Waals surface area contributed by atoms with Crippen LogP contribution in [0.15, 0.2) is 18.2 Å². The van der Waals surface area contributed by atoms with Crippen LogP contribution in [-0.2, 0) is 9.53 Å². The topological polar surface area (TPSA) is 69.4 Å². The van der Waals surface area contributed by atoms with Gasteiger partial charge in [-0.2, -0.15) is 0 Å². The van der Waals surface area contributed by atoms with Gasteiger partial charge in [0.25, 0.3) is 0 Å². The van der Waals surface area contributed by atoms with E-state index in [4.69, 9.17) is 22.1 Å². The lowest BCUT2D eigenvalue weighted by molar-refractivity contribution is -0.116. The van der Waals surface area contributed by atoms with Crippen LogP contribution in [0, 0.1) is 0 Å². The second kappa shape index (κ2) is 5.68. The van der Waals surface area contributed by atoms with E-state index in [1.165, 1.54) is 19.1 Å². The van der Waals surface area contributed by atoms with Crippen LogP contribution in [0.25, 0.3) is 0 Å². The zero-order chi connectivity index (χ0) is 13.0. The average molecular weight is 256 g/mol. The van der Waals surface area contributed by atoms with Gasteiger partial charge in [-0.05, 0) is 37.6 Å². The third kappa shape index (κ3) is 3.46. The molecule has 1 aromatic carbocycles. The molecular formula is C12H14ClNO3. The molecule has 0 aliphatic carbocycles. The number of rotatable bonds is 4. The summed E-state index contributed by atoms with van der Waals surface area (Å²) in [6.07, 6.45) is 0. The summed E-state index contributed by atoms with van der Waals surface area (Å²) in [6.45, 7) is 3.37. The number of hydrogen-bond acceptors (Lipinski definition) is 4. The molecule has 0 spiro atoms. The Morgan fingerprint density at radius 1 is 1.41 bits per heavy atom. The van der Waals surface area contributed by atoms with Crippen molar-refractivity contribution in [1.82, 2.24) is 0 Å². The fraction of sp³-hybridized carbons (Fsp3) is 0.333. The second-order valence-electron chi connectivity index (χ2n) is 3.58. The fourth-order valence-electron chi connectivity index (χ4n) is 1.39. The molecule has 1 atom stereocenters. The molecule has 17 heavy (non-hydrogen) atoms. The molecule has 0 heterocycles. The molecule has 0 fully saturated rings. The number of ether oxygens (including phenoxy) is 1. The number of nitrogens with two attached hydrogens (primary N) is 1. The minimum Gasteiger partial charge on any atom is -0.462 e. The van der Waals surface area contributed by atoms with E-state index in [1.807, 2.05) is 0 Å². The van der Waals surface area contributed by atoms with Crippen molar-refractivity contribution in [3.8, 4) is 0 Å². The summed E-state index contributed by atoms with van der Waals surface area (Å²) in [7, 11) is 0. The summed E-state index contributed by atoms with van der Waals surface area (Å²) >= 11 is 5.91. The molecule has 2 N–H and O–H groups in total. The van der Waals surface area contributed by atoms with Gasteiger partial charge >= 0.3 is 5.97 Å². The van der Waals surface area contributed by atoms with Crippen LogP contribution in [0.2, 0.25) is 0 Å². The molecule has 92 valence electrons. The van der Waals surface area contributed by atoms with E-state index in [9.17, 15) is 9.59 Å². The van der Waals surface area contributed by atoms with Gasteiger partial charge in [0.2, 0.25) is 0 Å². The lowest BCUT2D eigenvalue weighted by atomic mass is 10.0. The van der Waals surface area contributed by atoms with Crippen molar-refractivity contribution in [2.75, 3.05) is 12.3 Å². The second-order valence-corrected chi connectivity index (χ2v) is 4.02. The Labute approximate surface area is 105 Å². The molecule has 1 aromatic rings. The molecule has 0 aliphatic rings. The fourth-order valence-corrected chi connectivity index (χ4v) is 1.52. The Hall–Kier alpha value is -1.55. The van der Waals surface area contributed by atoms with E-state index in [1.54, 1.807) is 13.0 Å². The summed E-state index contributed by atoms with van der Waals surface area (Å²) in [6, 6.07) is 4.58. The third-order valence-corrected chi connectivity index (χ3v) is 2.70. The smallest absolute Gasteiger partial charge is 0.338 e. The minimum atomic E-state index is -0.799. The molecule has 0 aliphatic heterocycles. The van der Waals surface area contributed by atoms with E-state index >= 15 is 0 Å². The Kier molecular flexibility index (Phi) is 4.52. The van der Waals surface area contributed by atoms with E-state index in [2.05, 4.69) is 0 Å². The quantitative estimate of drug-likeness (QED) is 0.509. The molecule has 1 rings (SSSR count).